The van der Waals surface area contributed by atoms with E-state index < -0.39 is 12.1 Å². The van der Waals surface area contributed by atoms with Crippen molar-refractivity contribution in [3.63, 3.8) is 0 Å². The molecule has 2 aromatic rings. The molecule has 0 unspecified atom stereocenters. The molecule has 4 rings (SSSR count). The lowest BCUT2D eigenvalue weighted by Gasteiger charge is -2.31. The number of carboxylic acid groups (broad SMARTS) is 1. The summed E-state index contributed by atoms with van der Waals surface area (Å²) in [4.78, 5) is 36.5. The molecule has 3 N–H and O–H groups in total. The van der Waals surface area contributed by atoms with Crippen molar-refractivity contribution >= 4 is 18.0 Å². The molecular formula is C28H34N2O5. The van der Waals surface area contributed by atoms with Crippen LogP contribution in [0.5, 0.6) is 0 Å². The molecule has 1 fully saturated rings. The number of aliphatic carboxylic acids is 1. The second kappa shape index (κ2) is 11.4. The third kappa shape index (κ3) is 6.02. The number of rotatable bonds is 9. The van der Waals surface area contributed by atoms with Gasteiger partial charge in [-0.05, 0) is 47.4 Å². The molecule has 0 bridgehead atoms. The number of ether oxygens (including phenoxy) is 1. The molecule has 0 spiro atoms. The highest BCUT2D eigenvalue weighted by Crippen LogP contribution is 2.44. The first-order valence-corrected chi connectivity index (χ1v) is 12.6. The number of benzene rings is 2. The Balaban J connectivity index is 1.30. The lowest BCUT2D eigenvalue weighted by Crippen LogP contribution is -2.45. The number of hydrogen-bond acceptors (Lipinski definition) is 4. The Bertz CT molecular complexity index is 1020. The molecule has 7 nitrogen and oxygen atoms in total. The zero-order chi connectivity index (χ0) is 24.8. The van der Waals surface area contributed by atoms with Crippen molar-refractivity contribution in [2.75, 3.05) is 6.61 Å². The van der Waals surface area contributed by atoms with E-state index >= 15 is 0 Å². The summed E-state index contributed by atoms with van der Waals surface area (Å²) >= 11 is 0. The van der Waals surface area contributed by atoms with Gasteiger partial charge in [-0.2, -0.15) is 0 Å². The quantitative estimate of drug-likeness (QED) is 0.478. The number of carbonyl (C=O) groups excluding carboxylic acids is 2. The van der Waals surface area contributed by atoms with Crippen LogP contribution in [0.15, 0.2) is 48.5 Å². The molecule has 3 atom stereocenters. The van der Waals surface area contributed by atoms with E-state index in [1.54, 1.807) is 0 Å². The number of carboxylic acids is 1. The average molecular weight is 479 g/mol. The average Bonchev–Trinajstić information content (AvgIpc) is 3.17. The second-order valence-corrected chi connectivity index (χ2v) is 9.60. The van der Waals surface area contributed by atoms with Gasteiger partial charge >= 0.3 is 12.1 Å². The molecule has 0 aromatic heterocycles. The number of hydrogen-bond donors (Lipinski definition) is 3. The lowest BCUT2D eigenvalue weighted by molar-refractivity contribution is -0.139. The number of fused-ring (bicyclic) bond motifs is 3. The van der Waals surface area contributed by atoms with Crippen LogP contribution in [0.25, 0.3) is 11.1 Å². The van der Waals surface area contributed by atoms with Gasteiger partial charge in [0.25, 0.3) is 0 Å². The van der Waals surface area contributed by atoms with E-state index in [1.807, 2.05) is 31.2 Å². The minimum atomic E-state index is -0.834. The summed E-state index contributed by atoms with van der Waals surface area (Å²) in [5.74, 6) is -1.06. The van der Waals surface area contributed by atoms with Gasteiger partial charge in [0.15, 0.2) is 0 Å². The topological polar surface area (TPSA) is 105 Å². The Labute approximate surface area is 206 Å². The summed E-state index contributed by atoms with van der Waals surface area (Å²) < 4.78 is 5.62. The molecular weight excluding hydrogens is 444 g/mol. The van der Waals surface area contributed by atoms with Gasteiger partial charge in [0.1, 0.15) is 6.61 Å². The number of nitrogens with one attached hydrogen (secondary N) is 2. The Morgan fingerprint density at radius 1 is 1.00 bits per heavy atom. The van der Waals surface area contributed by atoms with Crippen LogP contribution in [0.3, 0.4) is 0 Å². The second-order valence-electron chi connectivity index (χ2n) is 9.60. The first-order valence-electron chi connectivity index (χ1n) is 12.6. The molecule has 2 aliphatic carbocycles. The molecule has 2 aliphatic rings. The van der Waals surface area contributed by atoms with E-state index in [0.717, 1.165) is 36.8 Å². The van der Waals surface area contributed by atoms with Crippen LogP contribution in [0.4, 0.5) is 4.79 Å². The van der Waals surface area contributed by atoms with Crippen molar-refractivity contribution in [2.24, 2.45) is 5.92 Å². The van der Waals surface area contributed by atoms with E-state index in [-0.39, 0.29) is 49.3 Å². The number of carbonyl (C=O) groups is 3. The largest absolute Gasteiger partial charge is 0.481 e. The third-order valence-corrected chi connectivity index (χ3v) is 7.28. The van der Waals surface area contributed by atoms with Crippen LogP contribution in [-0.2, 0) is 14.3 Å². The van der Waals surface area contributed by atoms with Crippen LogP contribution in [0.1, 0.15) is 68.9 Å². The first-order chi connectivity index (χ1) is 17.0. The normalized spacial score (nSPS) is 19.8. The van der Waals surface area contributed by atoms with E-state index in [2.05, 4.69) is 34.9 Å². The molecule has 0 heterocycles. The smallest absolute Gasteiger partial charge is 0.407 e. The van der Waals surface area contributed by atoms with Crippen molar-refractivity contribution in [2.45, 2.75) is 69.9 Å². The maximum atomic E-state index is 12.7. The minimum Gasteiger partial charge on any atom is -0.481 e. The van der Waals surface area contributed by atoms with Gasteiger partial charge in [0.2, 0.25) is 5.91 Å². The van der Waals surface area contributed by atoms with Gasteiger partial charge in [-0.25, -0.2) is 4.79 Å². The Morgan fingerprint density at radius 2 is 1.63 bits per heavy atom. The fourth-order valence-corrected chi connectivity index (χ4v) is 5.46. The number of alkyl carbamates (subject to hydrolysis) is 1. The van der Waals surface area contributed by atoms with Crippen molar-refractivity contribution in [3.05, 3.63) is 59.7 Å². The summed E-state index contributed by atoms with van der Waals surface area (Å²) in [6.07, 6.45) is 3.83. The molecule has 7 heteroatoms. The van der Waals surface area contributed by atoms with Crippen LogP contribution in [0.2, 0.25) is 0 Å². The highest BCUT2D eigenvalue weighted by Gasteiger charge is 2.30. The SMILES string of the molecule is CC[C@@H](CC(=O)N[C@H]1CCCC[C@H]1CC(=O)O)NC(=O)OCC1c2ccccc2-c2ccccc21. The number of amides is 2. The maximum absolute atomic E-state index is 12.7. The highest BCUT2D eigenvalue weighted by molar-refractivity contribution is 5.80. The lowest BCUT2D eigenvalue weighted by atomic mass is 9.82. The molecule has 0 radical (unpaired) electrons. The minimum absolute atomic E-state index is 0.0194. The van der Waals surface area contributed by atoms with E-state index in [9.17, 15) is 14.4 Å². The molecule has 186 valence electrons. The van der Waals surface area contributed by atoms with Crippen LogP contribution >= 0.6 is 0 Å². The molecule has 1 saturated carbocycles. The van der Waals surface area contributed by atoms with E-state index in [4.69, 9.17) is 9.84 Å². The highest BCUT2D eigenvalue weighted by atomic mass is 16.5. The van der Waals surface area contributed by atoms with Gasteiger partial charge in [0, 0.05) is 24.4 Å². The zero-order valence-electron chi connectivity index (χ0n) is 20.2. The predicted molar refractivity (Wildman–Crippen MR) is 133 cm³/mol. The van der Waals surface area contributed by atoms with Gasteiger partial charge in [0.05, 0.1) is 6.42 Å². The fraction of sp³-hybridized carbons (Fsp3) is 0.464. The third-order valence-electron chi connectivity index (χ3n) is 7.28. The van der Waals surface area contributed by atoms with Crippen molar-refractivity contribution in [1.82, 2.24) is 10.6 Å². The fourth-order valence-electron chi connectivity index (χ4n) is 5.46. The molecule has 35 heavy (non-hydrogen) atoms. The standard InChI is InChI=1S/C28H34N2O5/c1-2-19(16-26(31)30-25-14-8-3-9-18(25)15-27(32)33)29-28(34)35-17-24-22-12-6-4-10-20(22)21-11-5-7-13-23(21)24/h4-7,10-13,18-19,24-25H,2-3,8-9,14-17H2,1H3,(H,29,34)(H,30,31)(H,32,33)/t18-,19-,25-/m0/s1. The van der Waals surface area contributed by atoms with Crippen LogP contribution in [-0.4, -0.2) is 41.8 Å². The van der Waals surface area contributed by atoms with Gasteiger partial charge in [-0.15, -0.1) is 0 Å². The van der Waals surface area contributed by atoms with E-state index in [0.29, 0.717) is 6.42 Å². The molecule has 0 saturated heterocycles. The van der Waals surface area contributed by atoms with Crippen molar-refractivity contribution in [1.29, 1.82) is 0 Å². The van der Waals surface area contributed by atoms with Crippen molar-refractivity contribution in [3.8, 4) is 11.1 Å². The summed E-state index contributed by atoms with van der Waals surface area (Å²) in [7, 11) is 0. The molecule has 2 amide bonds. The van der Waals surface area contributed by atoms with Crippen LogP contribution in [0, 0.1) is 5.92 Å². The Kier molecular flexibility index (Phi) is 8.06. The van der Waals surface area contributed by atoms with Gasteiger partial charge in [-0.3, -0.25) is 9.59 Å². The summed E-state index contributed by atoms with van der Waals surface area (Å²) in [6.45, 7) is 2.14. The molecule has 0 aliphatic heterocycles. The monoisotopic (exact) mass is 478 g/mol. The van der Waals surface area contributed by atoms with E-state index in [1.165, 1.54) is 11.1 Å². The first kappa shape index (κ1) is 24.8. The van der Waals surface area contributed by atoms with Gasteiger partial charge < -0.3 is 20.5 Å². The summed E-state index contributed by atoms with van der Waals surface area (Å²) in [5, 5.41) is 15.0. The Hall–Kier alpha value is -3.35. The zero-order valence-corrected chi connectivity index (χ0v) is 20.2. The summed E-state index contributed by atoms with van der Waals surface area (Å²) in [6, 6.07) is 15.9. The Morgan fingerprint density at radius 3 is 2.26 bits per heavy atom. The van der Waals surface area contributed by atoms with Gasteiger partial charge in [-0.1, -0.05) is 68.3 Å². The maximum Gasteiger partial charge on any atom is 0.407 e. The molecule has 2 aromatic carbocycles. The predicted octanol–water partition coefficient (Wildman–Crippen LogP) is 4.84. The van der Waals surface area contributed by atoms with Crippen molar-refractivity contribution < 1.29 is 24.2 Å². The summed E-state index contributed by atoms with van der Waals surface area (Å²) in [5.41, 5.74) is 4.64. The van der Waals surface area contributed by atoms with Crippen LogP contribution < -0.4 is 10.6 Å².